The second kappa shape index (κ2) is 12.2. The fourth-order valence-electron chi connectivity index (χ4n) is 5.03. The SMILES string of the molecule is CC/C(=N\NC(=O)/N=C1\SCC2=CC(C)c3cc(F)ccc3N21)c1ccc(-c2ncn(-c3ccc(OC(F)(F)F)cc3)n2)cc1. The van der Waals surface area contributed by atoms with Crippen LogP contribution in [0.1, 0.15) is 37.3 Å². The van der Waals surface area contributed by atoms with Gasteiger partial charge in [0.2, 0.25) is 0 Å². The number of rotatable bonds is 6. The van der Waals surface area contributed by atoms with E-state index in [1.165, 1.54) is 59.2 Å². The van der Waals surface area contributed by atoms with Crippen molar-refractivity contribution in [1.29, 1.82) is 0 Å². The smallest absolute Gasteiger partial charge is 0.406 e. The molecule has 2 amide bonds. The van der Waals surface area contributed by atoms with Crippen LogP contribution in [0.5, 0.6) is 5.75 Å². The highest BCUT2D eigenvalue weighted by atomic mass is 32.2. The van der Waals surface area contributed by atoms with Gasteiger partial charge in [-0.05, 0) is 60.0 Å². The van der Waals surface area contributed by atoms with Gasteiger partial charge in [-0.1, -0.05) is 56.0 Å². The summed E-state index contributed by atoms with van der Waals surface area (Å²) < 4.78 is 56.5. The number of halogens is 4. The van der Waals surface area contributed by atoms with Gasteiger partial charge in [-0.15, -0.1) is 18.3 Å². The average molecular weight is 636 g/mol. The Labute approximate surface area is 259 Å². The molecule has 6 rings (SSSR count). The molecular formula is C31H25F4N7O2S. The fraction of sp³-hybridized carbons (Fsp3) is 0.194. The maximum absolute atomic E-state index is 13.9. The van der Waals surface area contributed by atoms with Gasteiger partial charge in [-0.2, -0.15) is 10.1 Å². The number of urea groups is 1. The highest BCUT2D eigenvalue weighted by molar-refractivity contribution is 8.14. The summed E-state index contributed by atoms with van der Waals surface area (Å²) in [6.07, 6.45) is -0.722. The molecule has 0 spiro atoms. The largest absolute Gasteiger partial charge is 0.573 e. The number of aromatic nitrogens is 3. The first-order valence-corrected chi connectivity index (χ1v) is 14.8. The summed E-state index contributed by atoms with van der Waals surface area (Å²) in [7, 11) is 0. The van der Waals surface area contributed by atoms with Crippen molar-refractivity contribution in [3.63, 3.8) is 0 Å². The van der Waals surface area contributed by atoms with Crippen LogP contribution < -0.4 is 15.1 Å². The van der Waals surface area contributed by atoms with Crippen molar-refractivity contribution in [2.75, 3.05) is 10.7 Å². The number of hydrogen-bond acceptors (Lipinski definition) is 6. The number of nitrogens with zero attached hydrogens (tertiary/aromatic N) is 6. The summed E-state index contributed by atoms with van der Waals surface area (Å²) in [5, 5.41) is 9.22. The Morgan fingerprint density at radius 3 is 2.58 bits per heavy atom. The van der Waals surface area contributed by atoms with Gasteiger partial charge < -0.3 is 4.74 Å². The Kier molecular flexibility index (Phi) is 8.14. The van der Waals surface area contributed by atoms with Gasteiger partial charge in [0, 0.05) is 22.9 Å². The number of benzene rings is 3. The lowest BCUT2D eigenvalue weighted by Crippen LogP contribution is -2.29. The minimum absolute atomic E-state index is 0.0489. The summed E-state index contributed by atoms with van der Waals surface area (Å²) in [5.41, 5.74) is 7.79. The molecule has 2 aliphatic heterocycles. The van der Waals surface area contributed by atoms with E-state index in [2.05, 4.69) is 36.4 Å². The lowest BCUT2D eigenvalue weighted by Gasteiger charge is -2.29. The van der Waals surface area contributed by atoms with Gasteiger partial charge in [-0.25, -0.2) is 24.3 Å². The number of thioether (sulfide) groups is 1. The molecular weight excluding hydrogens is 610 g/mol. The molecule has 1 atom stereocenters. The third-order valence-corrected chi connectivity index (χ3v) is 8.08. The first-order chi connectivity index (χ1) is 21.6. The monoisotopic (exact) mass is 635 g/mol. The molecule has 45 heavy (non-hydrogen) atoms. The number of amides is 2. The van der Waals surface area contributed by atoms with Crippen LogP contribution >= 0.6 is 11.8 Å². The Bertz CT molecular complexity index is 1830. The number of carbonyl (C=O) groups is 1. The zero-order valence-corrected chi connectivity index (χ0v) is 24.7. The molecule has 9 nitrogen and oxygen atoms in total. The minimum atomic E-state index is -4.77. The van der Waals surface area contributed by atoms with Crippen molar-refractivity contribution >= 4 is 34.4 Å². The third kappa shape index (κ3) is 6.60. The van der Waals surface area contributed by atoms with E-state index < -0.39 is 12.4 Å². The summed E-state index contributed by atoms with van der Waals surface area (Å²) >= 11 is 1.43. The highest BCUT2D eigenvalue weighted by Crippen LogP contribution is 2.43. The molecule has 14 heteroatoms. The van der Waals surface area contributed by atoms with Crippen molar-refractivity contribution in [1.82, 2.24) is 20.2 Å². The number of alkyl halides is 3. The van der Waals surface area contributed by atoms with E-state index in [1.54, 1.807) is 6.07 Å². The van der Waals surface area contributed by atoms with E-state index in [4.69, 9.17) is 0 Å². The van der Waals surface area contributed by atoms with Crippen LogP contribution in [0.4, 0.5) is 28.0 Å². The second-order valence-electron chi connectivity index (χ2n) is 10.1. The van der Waals surface area contributed by atoms with Crippen LogP contribution in [-0.4, -0.2) is 43.8 Å². The average Bonchev–Trinajstić information content (AvgIpc) is 3.65. The molecule has 0 saturated carbocycles. The Hall–Kier alpha value is -4.98. The number of hydrogen-bond donors (Lipinski definition) is 1. The lowest BCUT2D eigenvalue weighted by molar-refractivity contribution is -0.274. The number of anilines is 1. The molecule has 2 aliphatic rings. The maximum Gasteiger partial charge on any atom is 0.573 e. The van der Waals surface area contributed by atoms with Crippen LogP contribution in [0.25, 0.3) is 17.1 Å². The number of nitrogens with one attached hydrogen (secondary N) is 1. The number of hydrazone groups is 1. The maximum atomic E-state index is 13.9. The van der Waals surface area contributed by atoms with Crippen molar-refractivity contribution in [2.24, 2.45) is 10.1 Å². The number of ether oxygens (including phenoxy) is 1. The predicted molar refractivity (Wildman–Crippen MR) is 164 cm³/mol. The number of aliphatic imine (C=N–C) groups is 1. The van der Waals surface area contributed by atoms with Crippen LogP contribution in [0.2, 0.25) is 0 Å². The van der Waals surface area contributed by atoms with E-state index in [1.807, 2.05) is 43.0 Å². The zero-order valence-electron chi connectivity index (χ0n) is 23.9. The van der Waals surface area contributed by atoms with Crippen molar-refractivity contribution in [3.8, 4) is 22.8 Å². The summed E-state index contributed by atoms with van der Waals surface area (Å²) in [6.45, 7) is 3.92. The Morgan fingerprint density at radius 1 is 1.11 bits per heavy atom. The van der Waals surface area contributed by atoms with Gasteiger partial charge in [-0.3, -0.25) is 4.90 Å². The zero-order chi connectivity index (χ0) is 31.7. The molecule has 1 N–H and O–H groups in total. The molecule has 1 fully saturated rings. The molecule has 1 aromatic heterocycles. The normalized spacial score (nSPS) is 17.2. The summed E-state index contributed by atoms with van der Waals surface area (Å²) in [6, 6.07) is 16.6. The summed E-state index contributed by atoms with van der Waals surface area (Å²) in [4.78, 5) is 23.2. The Morgan fingerprint density at radius 2 is 1.87 bits per heavy atom. The standard InChI is InChI=1S/C31H25F4N7O2S/c1-3-26(38-39-29(43)37-30-42-23(16-45-30)14-18(2)25-15-21(32)8-13-27(25)42)19-4-6-20(7-5-19)28-36-17-41(40-28)22-9-11-24(12-10-22)44-31(33,34)35/h4-15,17-18H,3,16H2,1-2H3,(H,39,43)/b37-30-,38-26+. The second-order valence-corrected chi connectivity index (χ2v) is 11.1. The van der Waals surface area contributed by atoms with Gasteiger partial charge in [0.15, 0.2) is 11.0 Å². The lowest BCUT2D eigenvalue weighted by atomic mass is 9.94. The topological polar surface area (TPSA) is 97.0 Å². The van der Waals surface area contributed by atoms with Crippen LogP contribution in [-0.2, 0) is 0 Å². The van der Waals surface area contributed by atoms with Gasteiger partial charge in [0.25, 0.3) is 0 Å². The van der Waals surface area contributed by atoms with Gasteiger partial charge >= 0.3 is 12.4 Å². The number of carbonyl (C=O) groups excluding carboxylic acids is 1. The molecule has 1 saturated heterocycles. The molecule has 0 bridgehead atoms. The van der Waals surface area contributed by atoms with Crippen LogP contribution in [0, 0.1) is 5.82 Å². The predicted octanol–water partition coefficient (Wildman–Crippen LogP) is 7.41. The van der Waals surface area contributed by atoms with Crippen molar-refractivity contribution in [3.05, 3.63) is 102 Å². The molecule has 230 valence electrons. The van der Waals surface area contributed by atoms with E-state index in [0.717, 1.165) is 22.5 Å². The molecule has 3 heterocycles. The minimum Gasteiger partial charge on any atom is -0.406 e. The van der Waals surface area contributed by atoms with Crippen LogP contribution in [0.15, 0.2) is 94.9 Å². The quantitative estimate of drug-likeness (QED) is 0.135. The first kappa shape index (κ1) is 30.1. The van der Waals surface area contributed by atoms with Gasteiger partial charge in [0.1, 0.15) is 17.9 Å². The van der Waals surface area contributed by atoms with Crippen LogP contribution in [0.3, 0.4) is 0 Å². The third-order valence-electron chi connectivity index (χ3n) is 7.11. The number of allylic oxidation sites excluding steroid dienone is 1. The Balaban J connectivity index is 1.13. The summed E-state index contributed by atoms with van der Waals surface area (Å²) in [5.74, 6) is 0.471. The molecule has 0 aliphatic carbocycles. The highest BCUT2D eigenvalue weighted by Gasteiger charge is 2.33. The molecule has 1 unspecified atom stereocenters. The van der Waals surface area contributed by atoms with E-state index in [-0.39, 0.29) is 17.5 Å². The van der Waals surface area contributed by atoms with E-state index >= 15 is 0 Å². The first-order valence-electron chi connectivity index (χ1n) is 13.8. The number of amidine groups is 1. The molecule has 0 radical (unpaired) electrons. The van der Waals surface area contributed by atoms with Gasteiger partial charge in [0.05, 0.1) is 17.1 Å². The fourth-order valence-corrected chi connectivity index (χ4v) is 6.03. The van der Waals surface area contributed by atoms with E-state index in [0.29, 0.717) is 40.1 Å². The molecule has 3 aromatic carbocycles. The molecule has 4 aromatic rings. The van der Waals surface area contributed by atoms with E-state index in [9.17, 15) is 22.4 Å². The van der Waals surface area contributed by atoms with Crippen molar-refractivity contribution in [2.45, 2.75) is 32.5 Å². The van der Waals surface area contributed by atoms with Crippen molar-refractivity contribution < 1.29 is 27.1 Å². The number of fused-ring (bicyclic) bond motifs is 3.